The molecule has 0 saturated heterocycles. The van der Waals surface area contributed by atoms with Crippen molar-refractivity contribution in [3.8, 4) is 5.75 Å². The molecule has 0 atom stereocenters. The molecular formula is C20H18ClNO4. The van der Waals surface area contributed by atoms with Gasteiger partial charge in [0.15, 0.2) is 6.61 Å². The van der Waals surface area contributed by atoms with Gasteiger partial charge in [0.1, 0.15) is 5.75 Å². The van der Waals surface area contributed by atoms with Crippen LogP contribution < -0.4 is 4.74 Å². The first-order chi connectivity index (χ1) is 12.3. The first-order valence-electron chi connectivity index (χ1n) is 8.07. The second-order valence-corrected chi connectivity index (χ2v) is 6.60. The number of rotatable bonds is 4. The fourth-order valence-electron chi connectivity index (χ4n) is 3.24. The van der Waals surface area contributed by atoms with Crippen molar-refractivity contribution < 1.29 is 19.4 Å². The van der Waals surface area contributed by atoms with Crippen molar-refractivity contribution in [2.45, 2.75) is 20.8 Å². The molecule has 0 bridgehead atoms. The zero-order valence-corrected chi connectivity index (χ0v) is 15.4. The van der Waals surface area contributed by atoms with Crippen LogP contribution in [0.4, 0.5) is 0 Å². The van der Waals surface area contributed by atoms with Gasteiger partial charge < -0.3 is 9.84 Å². The maximum atomic E-state index is 12.8. The summed E-state index contributed by atoms with van der Waals surface area (Å²) >= 11 is 6.22. The fourth-order valence-corrected chi connectivity index (χ4v) is 3.62. The third-order valence-electron chi connectivity index (χ3n) is 4.29. The van der Waals surface area contributed by atoms with Crippen molar-refractivity contribution >= 4 is 34.4 Å². The van der Waals surface area contributed by atoms with Crippen molar-refractivity contribution in [1.82, 2.24) is 4.57 Å². The predicted molar refractivity (Wildman–Crippen MR) is 101 cm³/mol. The minimum Gasteiger partial charge on any atom is -0.482 e. The molecule has 0 fully saturated rings. The maximum Gasteiger partial charge on any atom is 0.338 e. The van der Waals surface area contributed by atoms with E-state index < -0.39 is 5.97 Å². The van der Waals surface area contributed by atoms with E-state index in [-0.39, 0.29) is 18.1 Å². The summed E-state index contributed by atoms with van der Waals surface area (Å²) in [5.74, 6) is -0.968. The first kappa shape index (κ1) is 18.0. The van der Waals surface area contributed by atoms with E-state index >= 15 is 0 Å². The smallest absolute Gasteiger partial charge is 0.338 e. The van der Waals surface area contributed by atoms with Crippen molar-refractivity contribution in [3.05, 3.63) is 63.8 Å². The van der Waals surface area contributed by atoms with Gasteiger partial charge in [-0.3, -0.25) is 9.36 Å². The van der Waals surface area contributed by atoms with E-state index in [1.165, 1.54) is 4.57 Å². The van der Waals surface area contributed by atoms with Crippen molar-refractivity contribution in [2.75, 3.05) is 6.61 Å². The Morgan fingerprint density at radius 1 is 1.15 bits per heavy atom. The van der Waals surface area contributed by atoms with Crippen LogP contribution in [0.3, 0.4) is 0 Å². The van der Waals surface area contributed by atoms with Gasteiger partial charge in [-0.1, -0.05) is 35.9 Å². The molecule has 0 aliphatic heterocycles. The highest BCUT2D eigenvalue weighted by Crippen LogP contribution is 2.30. The lowest BCUT2D eigenvalue weighted by Gasteiger charge is -2.13. The van der Waals surface area contributed by atoms with Gasteiger partial charge >= 0.3 is 5.97 Å². The molecule has 3 rings (SSSR count). The molecular weight excluding hydrogens is 354 g/mol. The number of hydrogen-bond donors (Lipinski definition) is 1. The summed E-state index contributed by atoms with van der Waals surface area (Å²) in [6.07, 6.45) is 0. The molecule has 26 heavy (non-hydrogen) atoms. The van der Waals surface area contributed by atoms with Crippen LogP contribution in [0, 0.1) is 20.8 Å². The lowest BCUT2D eigenvalue weighted by molar-refractivity contribution is 0.0698. The molecule has 5 nitrogen and oxygen atoms in total. The number of fused-ring (bicyclic) bond motifs is 1. The van der Waals surface area contributed by atoms with Gasteiger partial charge in [-0.05, 0) is 44.0 Å². The highest BCUT2D eigenvalue weighted by Gasteiger charge is 2.23. The number of carboxylic acid groups (broad SMARTS) is 1. The summed E-state index contributed by atoms with van der Waals surface area (Å²) in [5, 5.41) is 10.5. The van der Waals surface area contributed by atoms with Crippen LogP contribution in [0.1, 0.15) is 32.0 Å². The number of para-hydroxylation sites is 1. The number of aryl methyl sites for hydroxylation is 2. The Labute approximate surface area is 155 Å². The molecule has 0 unspecified atom stereocenters. The minimum absolute atomic E-state index is 0.124. The average Bonchev–Trinajstić information content (AvgIpc) is 2.85. The molecule has 0 spiro atoms. The number of halogens is 1. The van der Waals surface area contributed by atoms with Gasteiger partial charge in [0.2, 0.25) is 0 Å². The van der Waals surface area contributed by atoms with E-state index in [1.807, 2.05) is 19.9 Å². The fraction of sp³-hybridized carbons (Fsp3) is 0.200. The van der Waals surface area contributed by atoms with Crippen LogP contribution >= 0.6 is 11.6 Å². The minimum atomic E-state index is -1.07. The standard InChI is InChI=1S/C20H18ClNO4/c1-11-8-12(2)19(15(21)9-11)26-10-17(23)22-13(3)18(20(24)25)14-6-4-5-7-16(14)22/h4-9H,10H2,1-3H3,(H,24,25). The highest BCUT2D eigenvalue weighted by atomic mass is 35.5. The van der Waals surface area contributed by atoms with E-state index in [0.29, 0.717) is 27.4 Å². The molecule has 3 aromatic rings. The quantitative estimate of drug-likeness (QED) is 0.725. The summed E-state index contributed by atoms with van der Waals surface area (Å²) in [6.45, 7) is 5.15. The zero-order valence-electron chi connectivity index (χ0n) is 14.7. The molecule has 2 aromatic carbocycles. The number of carbonyl (C=O) groups excluding carboxylic acids is 1. The molecule has 1 aromatic heterocycles. The van der Waals surface area contributed by atoms with Crippen LogP contribution in [0.25, 0.3) is 10.9 Å². The summed E-state index contributed by atoms with van der Waals surface area (Å²) in [5.41, 5.74) is 2.88. The van der Waals surface area contributed by atoms with E-state index in [4.69, 9.17) is 16.3 Å². The summed E-state index contributed by atoms with van der Waals surface area (Å²) < 4.78 is 7.05. The number of ether oxygens (including phenoxy) is 1. The van der Waals surface area contributed by atoms with Crippen molar-refractivity contribution in [3.63, 3.8) is 0 Å². The number of carbonyl (C=O) groups is 2. The van der Waals surface area contributed by atoms with Crippen LogP contribution in [0.2, 0.25) is 5.02 Å². The number of carboxylic acids is 1. The summed E-state index contributed by atoms with van der Waals surface area (Å²) in [7, 11) is 0. The van der Waals surface area contributed by atoms with E-state index in [9.17, 15) is 14.7 Å². The number of benzene rings is 2. The molecule has 0 amide bonds. The lowest BCUT2D eigenvalue weighted by Crippen LogP contribution is -2.21. The van der Waals surface area contributed by atoms with Gasteiger partial charge in [-0.25, -0.2) is 4.79 Å². The monoisotopic (exact) mass is 371 g/mol. The van der Waals surface area contributed by atoms with Crippen LogP contribution in [0.5, 0.6) is 5.75 Å². The van der Waals surface area contributed by atoms with E-state index in [0.717, 1.165) is 11.1 Å². The molecule has 134 valence electrons. The molecule has 0 aliphatic carbocycles. The lowest BCUT2D eigenvalue weighted by atomic mass is 10.1. The van der Waals surface area contributed by atoms with Crippen molar-refractivity contribution in [1.29, 1.82) is 0 Å². The number of hydrogen-bond acceptors (Lipinski definition) is 3. The van der Waals surface area contributed by atoms with Gasteiger partial charge in [0.05, 0.1) is 16.1 Å². The second kappa shape index (κ2) is 6.84. The molecule has 6 heteroatoms. The Morgan fingerprint density at radius 2 is 1.85 bits per heavy atom. The largest absolute Gasteiger partial charge is 0.482 e. The highest BCUT2D eigenvalue weighted by molar-refractivity contribution is 6.32. The number of aromatic carboxylic acids is 1. The second-order valence-electron chi connectivity index (χ2n) is 6.19. The number of aromatic nitrogens is 1. The third kappa shape index (κ3) is 3.06. The Bertz CT molecular complexity index is 1010. The van der Waals surface area contributed by atoms with Crippen LogP contribution in [-0.2, 0) is 0 Å². The third-order valence-corrected chi connectivity index (χ3v) is 4.57. The molecule has 0 saturated carbocycles. The molecule has 1 heterocycles. The van der Waals surface area contributed by atoms with Gasteiger partial charge in [0.25, 0.3) is 5.91 Å². The SMILES string of the molecule is Cc1cc(C)c(OCC(=O)n2c(C)c(C(=O)O)c3ccccc32)c(Cl)c1. The van der Waals surface area contributed by atoms with E-state index in [1.54, 1.807) is 37.3 Å². The Kier molecular flexibility index (Phi) is 4.74. The van der Waals surface area contributed by atoms with E-state index in [2.05, 4.69) is 0 Å². The predicted octanol–water partition coefficient (Wildman–Crippen LogP) is 4.64. The van der Waals surface area contributed by atoms with Gasteiger partial charge in [-0.15, -0.1) is 0 Å². The molecule has 0 aliphatic rings. The normalized spacial score (nSPS) is 10.9. The maximum absolute atomic E-state index is 12.8. The Morgan fingerprint density at radius 3 is 2.50 bits per heavy atom. The summed E-state index contributed by atoms with van der Waals surface area (Å²) in [6, 6.07) is 10.6. The molecule has 0 radical (unpaired) electrons. The van der Waals surface area contributed by atoms with Crippen LogP contribution in [-0.4, -0.2) is 28.2 Å². The zero-order chi connectivity index (χ0) is 19.0. The topological polar surface area (TPSA) is 68.5 Å². The van der Waals surface area contributed by atoms with Crippen LogP contribution in [0.15, 0.2) is 36.4 Å². The Balaban J connectivity index is 1.97. The van der Waals surface area contributed by atoms with Gasteiger partial charge in [0, 0.05) is 11.1 Å². The summed E-state index contributed by atoms with van der Waals surface area (Å²) in [4.78, 5) is 24.4. The Hall–Kier alpha value is -2.79. The first-order valence-corrected chi connectivity index (χ1v) is 8.45. The molecule has 1 N–H and O–H groups in total. The average molecular weight is 372 g/mol. The van der Waals surface area contributed by atoms with Gasteiger partial charge in [-0.2, -0.15) is 0 Å². The number of nitrogens with zero attached hydrogens (tertiary/aromatic N) is 1. The van der Waals surface area contributed by atoms with Crippen molar-refractivity contribution in [2.24, 2.45) is 0 Å².